The Morgan fingerprint density at radius 3 is 2.39 bits per heavy atom. The minimum absolute atomic E-state index is 0.0801. The summed E-state index contributed by atoms with van der Waals surface area (Å²) in [6.07, 6.45) is 1.68. The largest absolute Gasteiger partial charge is 0.345 e. The van der Waals surface area contributed by atoms with Gasteiger partial charge in [0.25, 0.3) is 11.8 Å². The maximum Gasteiger partial charge on any atom is 0.256 e. The van der Waals surface area contributed by atoms with Crippen molar-refractivity contribution in [3.8, 4) is 11.3 Å². The van der Waals surface area contributed by atoms with Crippen LogP contribution >= 0.6 is 0 Å². The SMILES string of the molecule is Cc1ccccc1-c1cc(C(=O)Nc2ccccc2C(=O)N(C)C)c2cnn(C(C)C)c2n1. The van der Waals surface area contributed by atoms with Crippen LogP contribution in [-0.2, 0) is 0 Å². The standard InChI is InChI=1S/C26H27N5O2/c1-16(2)31-24-21(15-27-31)20(14-23(28-24)18-11-7-6-10-17(18)3)25(32)29-22-13-9-8-12-19(22)26(33)30(4)5/h6-16H,1-5H3,(H,29,32). The Hall–Kier alpha value is -4.00. The number of hydrogen-bond acceptors (Lipinski definition) is 4. The zero-order valence-electron chi connectivity index (χ0n) is 19.5. The highest BCUT2D eigenvalue weighted by molar-refractivity contribution is 6.14. The van der Waals surface area contributed by atoms with E-state index in [4.69, 9.17) is 4.98 Å². The highest BCUT2D eigenvalue weighted by Crippen LogP contribution is 2.29. The van der Waals surface area contributed by atoms with Crippen molar-refractivity contribution in [3.63, 3.8) is 0 Å². The molecule has 0 aliphatic carbocycles. The lowest BCUT2D eigenvalue weighted by Gasteiger charge is -2.15. The van der Waals surface area contributed by atoms with Gasteiger partial charge in [0.1, 0.15) is 0 Å². The maximum atomic E-state index is 13.5. The molecule has 7 nitrogen and oxygen atoms in total. The van der Waals surface area contributed by atoms with Crippen LogP contribution in [0.4, 0.5) is 5.69 Å². The molecule has 0 radical (unpaired) electrons. The van der Waals surface area contributed by atoms with E-state index in [-0.39, 0.29) is 17.9 Å². The Bertz CT molecular complexity index is 1350. The summed E-state index contributed by atoms with van der Waals surface area (Å²) in [6.45, 7) is 6.07. The van der Waals surface area contributed by atoms with Gasteiger partial charge in [-0.15, -0.1) is 0 Å². The number of para-hydroxylation sites is 1. The van der Waals surface area contributed by atoms with E-state index in [0.717, 1.165) is 11.1 Å². The molecule has 0 atom stereocenters. The molecule has 1 N–H and O–H groups in total. The summed E-state index contributed by atoms with van der Waals surface area (Å²) in [6, 6.07) is 16.8. The van der Waals surface area contributed by atoms with Gasteiger partial charge in [-0.25, -0.2) is 9.67 Å². The molecule has 7 heteroatoms. The molecule has 4 aromatic rings. The van der Waals surface area contributed by atoms with Gasteiger partial charge in [0.2, 0.25) is 0 Å². The number of carbonyl (C=O) groups is 2. The number of nitrogens with one attached hydrogen (secondary N) is 1. The molecule has 33 heavy (non-hydrogen) atoms. The van der Waals surface area contributed by atoms with Crippen LogP contribution in [0.15, 0.2) is 60.8 Å². The highest BCUT2D eigenvalue weighted by Gasteiger charge is 2.21. The zero-order chi connectivity index (χ0) is 23.7. The fraction of sp³-hybridized carbons (Fsp3) is 0.231. The van der Waals surface area contributed by atoms with E-state index >= 15 is 0 Å². The Balaban J connectivity index is 1.85. The topological polar surface area (TPSA) is 80.1 Å². The Labute approximate surface area is 193 Å². The third-order valence-electron chi connectivity index (χ3n) is 5.53. The summed E-state index contributed by atoms with van der Waals surface area (Å²) >= 11 is 0. The summed E-state index contributed by atoms with van der Waals surface area (Å²) in [7, 11) is 3.37. The summed E-state index contributed by atoms with van der Waals surface area (Å²) in [5.41, 5.74) is 4.70. The van der Waals surface area contributed by atoms with Crippen molar-refractivity contribution in [1.29, 1.82) is 0 Å². The number of aryl methyl sites for hydroxylation is 1. The van der Waals surface area contributed by atoms with Crippen LogP contribution in [0.25, 0.3) is 22.3 Å². The van der Waals surface area contributed by atoms with Crippen molar-refractivity contribution >= 4 is 28.5 Å². The summed E-state index contributed by atoms with van der Waals surface area (Å²) in [5, 5.41) is 8.08. The average molecular weight is 442 g/mol. The number of fused-ring (bicyclic) bond motifs is 1. The van der Waals surface area contributed by atoms with E-state index in [1.165, 1.54) is 4.90 Å². The molecular weight excluding hydrogens is 414 g/mol. The second kappa shape index (κ2) is 8.86. The number of aromatic nitrogens is 3. The van der Waals surface area contributed by atoms with E-state index in [1.807, 2.05) is 49.7 Å². The maximum absolute atomic E-state index is 13.5. The van der Waals surface area contributed by atoms with Crippen molar-refractivity contribution in [2.24, 2.45) is 0 Å². The van der Waals surface area contributed by atoms with E-state index in [2.05, 4.69) is 10.4 Å². The molecule has 0 unspecified atom stereocenters. The first-order valence-electron chi connectivity index (χ1n) is 10.8. The molecule has 2 aromatic carbocycles. The number of hydrogen-bond donors (Lipinski definition) is 1. The molecule has 0 fully saturated rings. The fourth-order valence-corrected chi connectivity index (χ4v) is 3.79. The monoisotopic (exact) mass is 441 g/mol. The Morgan fingerprint density at radius 1 is 1.00 bits per heavy atom. The Morgan fingerprint density at radius 2 is 1.70 bits per heavy atom. The van der Waals surface area contributed by atoms with Crippen LogP contribution in [0.3, 0.4) is 0 Å². The van der Waals surface area contributed by atoms with Gasteiger partial charge in [0.05, 0.1) is 34.1 Å². The predicted molar refractivity (Wildman–Crippen MR) is 130 cm³/mol. The van der Waals surface area contributed by atoms with Gasteiger partial charge in [-0.2, -0.15) is 5.10 Å². The normalized spacial score (nSPS) is 11.1. The third-order valence-corrected chi connectivity index (χ3v) is 5.53. The number of carbonyl (C=O) groups excluding carboxylic acids is 2. The van der Waals surface area contributed by atoms with Crippen LogP contribution in [0, 0.1) is 6.92 Å². The molecule has 4 rings (SSSR count). The van der Waals surface area contributed by atoms with Crippen molar-refractivity contribution in [3.05, 3.63) is 77.5 Å². The summed E-state index contributed by atoms with van der Waals surface area (Å²) in [5.74, 6) is -0.501. The van der Waals surface area contributed by atoms with E-state index < -0.39 is 0 Å². The van der Waals surface area contributed by atoms with Gasteiger partial charge in [0, 0.05) is 25.7 Å². The second-order valence-electron chi connectivity index (χ2n) is 8.49. The van der Waals surface area contributed by atoms with Crippen molar-refractivity contribution in [2.75, 3.05) is 19.4 Å². The molecule has 0 saturated heterocycles. The lowest BCUT2D eigenvalue weighted by Crippen LogP contribution is -2.24. The van der Waals surface area contributed by atoms with Crippen LogP contribution < -0.4 is 5.32 Å². The number of nitrogens with zero attached hydrogens (tertiary/aromatic N) is 4. The molecular formula is C26H27N5O2. The molecule has 0 aliphatic heterocycles. The smallest absolute Gasteiger partial charge is 0.256 e. The van der Waals surface area contributed by atoms with Crippen LogP contribution in [0.1, 0.15) is 46.2 Å². The van der Waals surface area contributed by atoms with Crippen molar-refractivity contribution < 1.29 is 9.59 Å². The van der Waals surface area contributed by atoms with Crippen molar-refractivity contribution in [1.82, 2.24) is 19.7 Å². The van der Waals surface area contributed by atoms with Gasteiger partial charge in [-0.1, -0.05) is 36.4 Å². The summed E-state index contributed by atoms with van der Waals surface area (Å²) < 4.78 is 1.82. The predicted octanol–water partition coefficient (Wildman–Crippen LogP) is 4.94. The number of rotatable bonds is 5. The lowest BCUT2D eigenvalue weighted by molar-refractivity contribution is 0.0828. The third kappa shape index (κ3) is 4.22. The van der Waals surface area contributed by atoms with Gasteiger partial charge >= 0.3 is 0 Å². The number of benzene rings is 2. The second-order valence-corrected chi connectivity index (χ2v) is 8.49. The minimum Gasteiger partial charge on any atom is -0.345 e. The molecule has 2 amide bonds. The van der Waals surface area contributed by atoms with E-state index in [0.29, 0.717) is 33.5 Å². The molecule has 0 saturated carbocycles. The van der Waals surface area contributed by atoms with Gasteiger partial charge in [0.15, 0.2) is 5.65 Å². The molecule has 2 aromatic heterocycles. The molecule has 0 aliphatic rings. The van der Waals surface area contributed by atoms with Crippen molar-refractivity contribution in [2.45, 2.75) is 26.8 Å². The van der Waals surface area contributed by atoms with Crippen LogP contribution in [0.2, 0.25) is 0 Å². The lowest BCUT2D eigenvalue weighted by atomic mass is 10.0. The average Bonchev–Trinajstić information content (AvgIpc) is 3.23. The highest BCUT2D eigenvalue weighted by atomic mass is 16.2. The first kappa shape index (κ1) is 22.2. The van der Waals surface area contributed by atoms with Gasteiger partial charge < -0.3 is 10.2 Å². The molecule has 0 bridgehead atoms. The fourth-order valence-electron chi connectivity index (χ4n) is 3.79. The molecule has 2 heterocycles. The quantitative estimate of drug-likeness (QED) is 0.476. The number of pyridine rings is 1. The Kier molecular flexibility index (Phi) is 5.96. The molecule has 0 spiro atoms. The van der Waals surface area contributed by atoms with Crippen LogP contribution in [-0.4, -0.2) is 45.6 Å². The first-order valence-corrected chi connectivity index (χ1v) is 10.8. The van der Waals surface area contributed by atoms with Gasteiger partial charge in [-0.3, -0.25) is 9.59 Å². The van der Waals surface area contributed by atoms with E-state index in [1.54, 1.807) is 50.6 Å². The zero-order valence-corrected chi connectivity index (χ0v) is 19.5. The van der Waals surface area contributed by atoms with Crippen LogP contribution in [0.5, 0.6) is 0 Å². The summed E-state index contributed by atoms with van der Waals surface area (Å²) in [4.78, 5) is 32.5. The molecule has 168 valence electrons. The first-order chi connectivity index (χ1) is 15.8. The number of amides is 2. The van der Waals surface area contributed by atoms with Gasteiger partial charge in [-0.05, 0) is 44.5 Å². The van der Waals surface area contributed by atoms with E-state index in [9.17, 15) is 9.59 Å². The number of anilines is 1. The minimum atomic E-state index is -0.320.